The van der Waals surface area contributed by atoms with Crippen molar-refractivity contribution in [2.24, 2.45) is 11.8 Å². The molecule has 0 spiro atoms. The molecule has 0 radical (unpaired) electrons. The maximum Gasteiger partial charge on any atom is 0.303 e. The summed E-state index contributed by atoms with van der Waals surface area (Å²) in [5.74, 6) is 0.982. The van der Waals surface area contributed by atoms with E-state index in [0.29, 0.717) is 24.6 Å². The number of hydrogen-bond acceptors (Lipinski definition) is 3. The van der Waals surface area contributed by atoms with Crippen molar-refractivity contribution >= 4 is 11.9 Å². The number of likely N-dealkylation sites (tertiary alicyclic amines) is 1. The van der Waals surface area contributed by atoms with E-state index >= 15 is 0 Å². The van der Waals surface area contributed by atoms with E-state index in [2.05, 4.69) is 0 Å². The van der Waals surface area contributed by atoms with Crippen LogP contribution in [0, 0.1) is 11.8 Å². The van der Waals surface area contributed by atoms with E-state index in [4.69, 9.17) is 9.84 Å². The monoisotopic (exact) mass is 317 g/mol. The molecule has 5 nitrogen and oxygen atoms in total. The van der Waals surface area contributed by atoms with Crippen LogP contribution >= 0.6 is 0 Å². The number of piperidine rings is 1. The Morgan fingerprint density at radius 1 is 1.04 bits per heavy atom. The third-order valence-electron chi connectivity index (χ3n) is 4.65. The number of benzene rings is 1. The van der Waals surface area contributed by atoms with Crippen LogP contribution in [0.1, 0.15) is 42.5 Å². The average molecular weight is 317 g/mol. The first-order valence-electron chi connectivity index (χ1n) is 8.36. The van der Waals surface area contributed by atoms with Crippen molar-refractivity contribution in [3.8, 4) is 5.75 Å². The van der Waals surface area contributed by atoms with E-state index in [0.717, 1.165) is 25.2 Å². The Balaban J connectivity index is 1.50. The zero-order valence-electron chi connectivity index (χ0n) is 13.2. The lowest BCUT2D eigenvalue weighted by atomic mass is 9.93. The number of ether oxygens (including phenoxy) is 1. The smallest absolute Gasteiger partial charge is 0.303 e. The SMILES string of the molecule is O=C(O)CC1CCN(C(=O)c2ccc(OCC3CC3)cc2)CC1. The number of carbonyl (C=O) groups is 2. The van der Waals surface area contributed by atoms with Crippen LogP contribution in [0.2, 0.25) is 0 Å². The summed E-state index contributed by atoms with van der Waals surface area (Å²) in [6.07, 6.45) is 4.25. The Morgan fingerprint density at radius 3 is 2.26 bits per heavy atom. The average Bonchev–Trinajstić information content (AvgIpc) is 3.37. The van der Waals surface area contributed by atoms with Gasteiger partial charge < -0.3 is 14.7 Å². The summed E-state index contributed by atoms with van der Waals surface area (Å²) in [7, 11) is 0. The van der Waals surface area contributed by atoms with Gasteiger partial charge in [-0.25, -0.2) is 0 Å². The number of amides is 1. The van der Waals surface area contributed by atoms with Crippen molar-refractivity contribution in [3.63, 3.8) is 0 Å². The van der Waals surface area contributed by atoms with Crippen LogP contribution in [0.15, 0.2) is 24.3 Å². The summed E-state index contributed by atoms with van der Waals surface area (Å²) in [5.41, 5.74) is 0.667. The largest absolute Gasteiger partial charge is 0.493 e. The van der Waals surface area contributed by atoms with Gasteiger partial charge in [0.1, 0.15) is 5.75 Å². The van der Waals surface area contributed by atoms with E-state index < -0.39 is 5.97 Å². The highest BCUT2D eigenvalue weighted by atomic mass is 16.5. The van der Waals surface area contributed by atoms with Gasteiger partial charge in [-0.1, -0.05) is 0 Å². The Bertz CT molecular complexity index is 557. The molecule has 23 heavy (non-hydrogen) atoms. The molecule has 1 aromatic carbocycles. The molecule has 0 aromatic heterocycles. The molecule has 0 atom stereocenters. The number of carbonyl (C=O) groups excluding carboxylic acids is 1. The molecule has 1 aliphatic heterocycles. The van der Waals surface area contributed by atoms with Crippen molar-refractivity contribution in [2.75, 3.05) is 19.7 Å². The lowest BCUT2D eigenvalue weighted by molar-refractivity contribution is -0.138. The molecule has 2 fully saturated rings. The summed E-state index contributed by atoms with van der Waals surface area (Å²) in [4.78, 5) is 25.0. The third-order valence-corrected chi connectivity index (χ3v) is 4.65. The van der Waals surface area contributed by atoms with Crippen molar-refractivity contribution in [3.05, 3.63) is 29.8 Å². The number of rotatable bonds is 6. The van der Waals surface area contributed by atoms with Crippen molar-refractivity contribution < 1.29 is 19.4 Å². The Kier molecular flexibility index (Phi) is 4.84. The van der Waals surface area contributed by atoms with E-state index in [1.54, 1.807) is 0 Å². The van der Waals surface area contributed by atoms with Crippen molar-refractivity contribution in [1.29, 1.82) is 0 Å². The second-order valence-corrected chi connectivity index (χ2v) is 6.61. The zero-order valence-corrected chi connectivity index (χ0v) is 13.2. The molecule has 1 aliphatic carbocycles. The molecule has 1 N–H and O–H groups in total. The quantitative estimate of drug-likeness (QED) is 0.876. The third kappa shape index (κ3) is 4.47. The van der Waals surface area contributed by atoms with E-state index in [1.807, 2.05) is 29.2 Å². The molecule has 0 unspecified atom stereocenters. The minimum Gasteiger partial charge on any atom is -0.493 e. The van der Waals surface area contributed by atoms with Gasteiger partial charge in [0.2, 0.25) is 0 Å². The topological polar surface area (TPSA) is 66.8 Å². The fourth-order valence-corrected chi connectivity index (χ4v) is 2.96. The van der Waals surface area contributed by atoms with Gasteiger partial charge in [-0.15, -0.1) is 0 Å². The summed E-state index contributed by atoms with van der Waals surface area (Å²) in [6, 6.07) is 7.33. The van der Waals surface area contributed by atoms with Crippen LogP contribution in [0.4, 0.5) is 0 Å². The van der Waals surface area contributed by atoms with Crippen LogP contribution in [0.5, 0.6) is 5.75 Å². The predicted molar refractivity (Wildman–Crippen MR) is 85.5 cm³/mol. The van der Waals surface area contributed by atoms with Gasteiger partial charge in [0.15, 0.2) is 0 Å². The number of carboxylic acids is 1. The molecule has 1 saturated heterocycles. The minimum absolute atomic E-state index is 0.0208. The summed E-state index contributed by atoms with van der Waals surface area (Å²) in [6.45, 7) is 2.04. The maximum absolute atomic E-state index is 12.5. The molecule has 1 saturated carbocycles. The van der Waals surface area contributed by atoms with Gasteiger partial charge >= 0.3 is 5.97 Å². The molecular formula is C18H23NO4. The van der Waals surface area contributed by atoms with Gasteiger partial charge in [0.25, 0.3) is 5.91 Å². The van der Waals surface area contributed by atoms with Crippen LogP contribution in [0.3, 0.4) is 0 Å². The van der Waals surface area contributed by atoms with Gasteiger partial charge in [-0.05, 0) is 61.8 Å². The molecule has 0 bridgehead atoms. The van der Waals surface area contributed by atoms with Gasteiger partial charge in [0.05, 0.1) is 6.61 Å². The molecule has 3 rings (SSSR count). The highest BCUT2D eigenvalue weighted by molar-refractivity contribution is 5.94. The predicted octanol–water partition coefficient (Wildman–Crippen LogP) is 2.80. The zero-order chi connectivity index (χ0) is 16.2. The fraction of sp³-hybridized carbons (Fsp3) is 0.556. The number of nitrogens with zero attached hydrogens (tertiary/aromatic N) is 1. The number of carboxylic acid groups (broad SMARTS) is 1. The van der Waals surface area contributed by atoms with E-state index in [1.165, 1.54) is 12.8 Å². The molecule has 1 aromatic rings. The first kappa shape index (κ1) is 15.8. The first-order valence-corrected chi connectivity index (χ1v) is 8.36. The van der Waals surface area contributed by atoms with Gasteiger partial charge in [-0.3, -0.25) is 9.59 Å². The van der Waals surface area contributed by atoms with Gasteiger partial charge in [0, 0.05) is 25.1 Å². The second-order valence-electron chi connectivity index (χ2n) is 6.61. The minimum atomic E-state index is -0.753. The Labute approximate surface area is 136 Å². The molecule has 2 aliphatic rings. The van der Waals surface area contributed by atoms with Crippen LogP contribution in [0.25, 0.3) is 0 Å². The van der Waals surface area contributed by atoms with E-state index in [-0.39, 0.29) is 18.2 Å². The highest BCUT2D eigenvalue weighted by Crippen LogP contribution is 2.29. The highest BCUT2D eigenvalue weighted by Gasteiger charge is 2.25. The van der Waals surface area contributed by atoms with Crippen LogP contribution in [-0.2, 0) is 4.79 Å². The lowest BCUT2D eigenvalue weighted by Gasteiger charge is -2.31. The molecule has 1 heterocycles. The van der Waals surface area contributed by atoms with E-state index in [9.17, 15) is 9.59 Å². The fourth-order valence-electron chi connectivity index (χ4n) is 2.96. The number of aliphatic carboxylic acids is 1. The molecular weight excluding hydrogens is 294 g/mol. The normalized spacial score (nSPS) is 18.7. The standard InChI is InChI=1S/C18H23NO4/c20-17(21)11-13-7-9-19(10-8-13)18(22)15-3-5-16(6-4-15)23-12-14-1-2-14/h3-6,13-14H,1-2,7-12H2,(H,20,21). The molecule has 5 heteroatoms. The molecule has 1 amide bonds. The Morgan fingerprint density at radius 2 is 1.70 bits per heavy atom. The Hall–Kier alpha value is -2.04. The summed E-state index contributed by atoms with van der Waals surface area (Å²) in [5, 5.41) is 8.83. The van der Waals surface area contributed by atoms with Crippen molar-refractivity contribution in [1.82, 2.24) is 4.90 Å². The van der Waals surface area contributed by atoms with Crippen LogP contribution in [-0.4, -0.2) is 41.6 Å². The maximum atomic E-state index is 12.5. The van der Waals surface area contributed by atoms with Crippen molar-refractivity contribution in [2.45, 2.75) is 32.1 Å². The summed E-state index contributed by atoms with van der Waals surface area (Å²) < 4.78 is 5.68. The summed E-state index contributed by atoms with van der Waals surface area (Å²) >= 11 is 0. The lowest BCUT2D eigenvalue weighted by Crippen LogP contribution is -2.38. The van der Waals surface area contributed by atoms with Crippen LogP contribution < -0.4 is 4.74 Å². The van der Waals surface area contributed by atoms with Gasteiger partial charge in [-0.2, -0.15) is 0 Å². The number of hydrogen-bond donors (Lipinski definition) is 1. The first-order chi connectivity index (χ1) is 11.1. The second kappa shape index (κ2) is 7.02. The molecule has 124 valence electrons.